The molecular weight excluding hydrogens is 254 g/mol. The zero-order chi connectivity index (χ0) is 13.1. The number of aliphatic carboxylic acids is 1. The molecule has 0 spiro atoms. The van der Waals surface area contributed by atoms with E-state index >= 15 is 0 Å². The summed E-state index contributed by atoms with van der Waals surface area (Å²) in [4.78, 5) is 24.2. The molecule has 1 N–H and O–H groups in total. The van der Waals surface area contributed by atoms with Crippen LogP contribution in [0.1, 0.15) is 12.0 Å². The Kier molecular flexibility index (Phi) is 3.87. The average molecular weight is 268 g/mol. The van der Waals surface area contributed by atoms with Crippen molar-refractivity contribution in [2.45, 2.75) is 12.8 Å². The Labute approximate surface area is 110 Å². The molecule has 5 heteroatoms. The molecule has 0 aromatic heterocycles. The summed E-state index contributed by atoms with van der Waals surface area (Å²) in [5, 5.41) is 9.54. The molecule has 0 saturated carbocycles. The quantitative estimate of drug-likeness (QED) is 0.847. The summed E-state index contributed by atoms with van der Waals surface area (Å²) < 4.78 is 0. The number of likely N-dealkylation sites (tertiary alicyclic amines) is 1. The number of carboxylic acid groups (broad SMARTS) is 1. The number of nitrogens with zero attached hydrogens (tertiary/aromatic N) is 1. The van der Waals surface area contributed by atoms with E-state index < -0.39 is 11.9 Å². The lowest BCUT2D eigenvalue weighted by atomic mass is 10.1. The number of rotatable bonds is 4. The second-order valence-corrected chi connectivity index (χ2v) is 4.75. The first-order chi connectivity index (χ1) is 8.59. The van der Waals surface area contributed by atoms with Gasteiger partial charge < -0.3 is 10.0 Å². The average Bonchev–Trinajstić information content (AvgIpc) is 2.70. The third-order valence-corrected chi connectivity index (χ3v) is 3.57. The third kappa shape index (κ3) is 2.64. The fourth-order valence-corrected chi connectivity index (χ4v) is 2.38. The molecule has 2 rings (SSSR count). The molecule has 0 radical (unpaired) electrons. The lowest BCUT2D eigenvalue weighted by Crippen LogP contribution is -2.31. The van der Waals surface area contributed by atoms with Gasteiger partial charge in [0.1, 0.15) is 5.92 Å². The van der Waals surface area contributed by atoms with Gasteiger partial charge in [0, 0.05) is 18.1 Å². The Hall–Kier alpha value is -1.55. The predicted molar refractivity (Wildman–Crippen MR) is 67.5 cm³/mol. The number of carboxylic acids is 1. The van der Waals surface area contributed by atoms with Crippen molar-refractivity contribution in [2.24, 2.45) is 5.92 Å². The van der Waals surface area contributed by atoms with Crippen LogP contribution in [0.5, 0.6) is 0 Å². The lowest BCUT2D eigenvalue weighted by Gasteiger charge is -2.16. The van der Waals surface area contributed by atoms with E-state index in [1.54, 1.807) is 4.90 Å². The molecule has 4 nitrogen and oxygen atoms in total. The zero-order valence-electron chi connectivity index (χ0n) is 9.80. The molecular formula is C13H14ClNO3. The predicted octanol–water partition coefficient (Wildman–Crippen LogP) is 1.82. The van der Waals surface area contributed by atoms with Gasteiger partial charge in [-0.15, -0.1) is 0 Å². The summed E-state index contributed by atoms with van der Waals surface area (Å²) in [6, 6.07) is 7.47. The molecule has 18 heavy (non-hydrogen) atoms. The number of carbonyl (C=O) groups excluding carboxylic acids is 1. The van der Waals surface area contributed by atoms with Crippen LogP contribution in [-0.2, 0) is 16.0 Å². The smallest absolute Gasteiger partial charge is 0.316 e. The highest BCUT2D eigenvalue weighted by molar-refractivity contribution is 6.31. The van der Waals surface area contributed by atoms with Crippen molar-refractivity contribution in [3.05, 3.63) is 34.9 Å². The fourth-order valence-electron chi connectivity index (χ4n) is 2.15. The van der Waals surface area contributed by atoms with Gasteiger partial charge in [0.2, 0.25) is 5.91 Å². The van der Waals surface area contributed by atoms with Crippen LogP contribution in [0.3, 0.4) is 0 Å². The molecule has 0 bridgehead atoms. The van der Waals surface area contributed by atoms with Gasteiger partial charge in [0.05, 0.1) is 0 Å². The van der Waals surface area contributed by atoms with Crippen molar-refractivity contribution in [3.63, 3.8) is 0 Å². The maximum Gasteiger partial charge on any atom is 0.316 e. The van der Waals surface area contributed by atoms with Crippen LogP contribution in [-0.4, -0.2) is 35.0 Å². The molecule has 1 aliphatic rings. The first-order valence-corrected chi connectivity index (χ1v) is 6.22. The van der Waals surface area contributed by atoms with Crippen molar-refractivity contribution in [1.29, 1.82) is 0 Å². The number of carbonyl (C=O) groups is 2. The Morgan fingerprint density at radius 1 is 1.44 bits per heavy atom. The largest absolute Gasteiger partial charge is 0.481 e. The van der Waals surface area contributed by atoms with Crippen LogP contribution in [0.4, 0.5) is 0 Å². The minimum atomic E-state index is -1.03. The highest BCUT2D eigenvalue weighted by Gasteiger charge is 2.36. The third-order valence-electron chi connectivity index (χ3n) is 3.20. The fraction of sp³-hybridized carbons (Fsp3) is 0.385. The number of hydrogen-bond donors (Lipinski definition) is 1. The van der Waals surface area contributed by atoms with E-state index in [1.165, 1.54) is 0 Å². The van der Waals surface area contributed by atoms with Crippen molar-refractivity contribution in [2.75, 3.05) is 13.1 Å². The van der Waals surface area contributed by atoms with Crippen LogP contribution in [0, 0.1) is 5.92 Å². The van der Waals surface area contributed by atoms with E-state index in [1.807, 2.05) is 24.3 Å². The number of halogens is 1. The van der Waals surface area contributed by atoms with Crippen molar-refractivity contribution >= 4 is 23.5 Å². The van der Waals surface area contributed by atoms with Crippen LogP contribution in [0.2, 0.25) is 5.02 Å². The molecule has 1 aliphatic heterocycles. The van der Waals surface area contributed by atoms with Crippen molar-refractivity contribution in [1.82, 2.24) is 4.90 Å². The van der Waals surface area contributed by atoms with Gasteiger partial charge in [-0.3, -0.25) is 9.59 Å². The van der Waals surface area contributed by atoms with Crippen molar-refractivity contribution in [3.8, 4) is 0 Å². The first-order valence-electron chi connectivity index (χ1n) is 5.84. The minimum absolute atomic E-state index is 0.283. The van der Waals surface area contributed by atoms with Crippen LogP contribution in [0.25, 0.3) is 0 Å². The number of benzene rings is 1. The van der Waals surface area contributed by atoms with E-state index in [0.29, 0.717) is 31.0 Å². The van der Waals surface area contributed by atoms with Gasteiger partial charge in [-0.25, -0.2) is 0 Å². The van der Waals surface area contributed by atoms with Gasteiger partial charge in [-0.2, -0.15) is 0 Å². The van der Waals surface area contributed by atoms with E-state index in [-0.39, 0.29) is 5.91 Å². The maximum absolute atomic E-state index is 11.8. The van der Waals surface area contributed by atoms with Crippen LogP contribution in [0.15, 0.2) is 24.3 Å². The second-order valence-electron chi connectivity index (χ2n) is 4.35. The van der Waals surface area contributed by atoms with Crippen LogP contribution >= 0.6 is 11.6 Å². The summed E-state index contributed by atoms with van der Waals surface area (Å²) in [5.74, 6) is -2.17. The van der Waals surface area contributed by atoms with Gasteiger partial charge in [0.15, 0.2) is 0 Å². The molecule has 0 aliphatic carbocycles. The Morgan fingerprint density at radius 2 is 2.17 bits per heavy atom. The summed E-state index contributed by atoms with van der Waals surface area (Å²) in [6.45, 7) is 1.03. The molecule has 1 amide bonds. The minimum Gasteiger partial charge on any atom is -0.481 e. The second kappa shape index (κ2) is 5.40. The van der Waals surface area contributed by atoms with Gasteiger partial charge in [-0.1, -0.05) is 29.8 Å². The highest BCUT2D eigenvalue weighted by Crippen LogP contribution is 2.20. The van der Waals surface area contributed by atoms with Crippen LogP contribution < -0.4 is 0 Å². The SMILES string of the molecule is O=C(O)C1CCN(CCc2ccccc2Cl)C1=O. The highest BCUT2D eigenvalue weighted by atomic mass is 35.5. The van der Waals surface area contributed by atoms with E-state index in [0.717, 1.165) is 5.56 Å². The number of hydrogen-bond acceptors (Lipinski definition) is 2. The monoisotopic (exact) mass is 267 g/mol. The van der Waals surface area contributed by atoms with E-state index in [9.17, 15) is 9.59 Å². The summed E-state index contributed by atoms with van der Waals surface area (Å²) in [6.07, 6.45) is 1.05. The molecule has 1 heterocycles. The topological polar surface area (TPSA) is 57.6 Å². The van der Waals surface area contributed by atoms with E-state index in [4.69, 9.17) is 16.7 Å². The molecule has 1 atom stereocenters. The summed E-state index contributed by atoms with van der Waals surface area (Å²) in [5.41, 5.74) is 0.978. The summed E-state index contributed by atoms with van der Waals surface area (Å²) in [7, 11) is 0. The molecule has 1 fully saturated rings. The molecule has 1 saturated heterocycles. The molecule has 1 aromatic rings. The lowest BCUT2D eigenvalue weighted by molar-refractivity contribution is -0.147. The van der Waals surface area contributed by atoms with Crippen molar-refractivity contribution < 1.29 is 14.7 Å². The first kappa shape index (κ1) is 12.9. The zero-order valence-corrected chi connectivity index (χ0v) is 10.6. The molecule has 1 aromatic carbocycles. The van der Waals surface area contributed by atoms with Gasteiger partial charge in [-0.05, 0) is 24.5 Å². The van der Waals surface area contributed by atoms with Gasteiger partial charge in [0.25, 0.3) is 0 Å². The van der Waals surface area contributed by atoms with E-state index in [2.05, 4.69) is 0 Å². The Morgan fingerprint density at radius 3 is 2.78 bits per heavy atom. The standard InChI is InChI=1S/C13H14ClNO3/c14-11-4-2-1-3-9(11)5-7-15-8-6-10(12(15)16)13(17)18/h1-4,10H,5-8H2,(H,17,18). The Bertz CT molecular complexity index is 475. The summed E-state index contributed by atoms with van der Waals surface area (Å²) >= 11 is 6.03. The number of amides is 1. The molecule has 96 valence electrons. The Balaban J connectivity index is 1.94. The maximum atomic E-state index is 11.8. The normalized spacial score (nSPS) is 19.3. The molecule has 1 unspecified atom stereocenters. The van der Waals surface area contributed by atoms with Gasteiger partial charge >= 0.3 is 5.97 Å².